The molecule has 1 heterocycles. The van der Waals surface area contributed by atoms with Gasteiger partial charge in [0, 0.05) is 15.9 Å². The number of hydrogen-bond acceptors (Lipinski definition) is 3. The molecule has 2 N–H and O–H groups in total. The van der Waals surface area contributed by atoms with Crippen LogP contribution >= 0.6 is 27.9 Å². The number of benzene rings is 1. The second-order valence-corrected chi connectivity index (χ2v) is 7.67. The molecule has 2 aliphatic rings. The molecular weight excluding hydrogens is 344 g/mol. The van der Waals surface area contributed by atoms with Crippen LogP contribution in [-0.4, -0.2) is 18.6 Å². The summed E-state index contributed by atoms with van der Waals surface area (Å²) in [6.45, 7) is 4.21. The van der Waals surface area contributed by atoms with E-state index in [0.29, 0.717) is 0 Å². The minimum absolute atomic E-state index is 0.230. The van der Waals surface area contributed by atoms with Gasteiger partial charge in [0.15, 0.2) is 0 Å². The van der Waals surface area contributed by atoms with Gasteiger partial charge in [0.05, 0.1) is 5.54 Å². The van der Waals surface area contributed by atoms with E-state index in [9.17, 15) is 0 Å². The standard InChI is InChI=1S/C17H23BrN2S/c1-2-19-12-15-16(13-6-8-14(18)9-7-13)21-20-17(15)10-4-3-5-11-17/h6-9,19-20H,2-5,10-12H2,1H3. The lowest BCUT2D eigenvalue weighted by atomic mass is 9.76. The molecule has 1 aliphatic heterocycles. The third kappa shape index (κ3) is 3.24. The monoisotopic (exact) mass is 366 g/mol. The highest BCUT2D eigenvalue weighted by Crippen LogP contribution is 2.48. The number of likely N-dealkylation sites (N-methyl/N-ethyl adjacent to an activating group) is 1. The summed E-state index contributed by atoms with van der Waals surface area (Å²) in [7, 11) is 0. The van der Waals surface area contributed by atoms with Crippen molar-refractivity contribution in [2.75, 3.05) is 13.1 Å². The number of halogens is 1. The van der Waals surface area contributed by atoms with E-state index in [1.54, 1.807) is 5.57 Å². The van der Waals surface area contributed by atoms with Crippen LogP contribution in [0.2, 0.25) is 0 Å². The zero-order valence-electron chi connectivity index (χ0n) is 12.5. The lowest BCUT2D eigenvalue weighted by molar-refractivity contribution is 0.321. The van der Waals surface area contributed by atoms with Crippen molar-refractivity contribution in [2.24, 2.45) is 0 Å². The molecule has 0 saturated heterocycles. The zero-order chi connectivity index (χ0) is 14.7. The maximum Gasteiger partial charge on any atom is 0.0521 e. The van der Waals surface area contributed by atoms with Crippen LogP contribution in [0.25, 0.3) is 4.91 Å². The first-order valence-corrected chi connectivity index (χ1v) is 9.50. The molecule has 4 heteroatoms. The SMILES string of the molecule is CCNCC1=C(c2ccc(Br)cc2)SNC12CCCCC2. The van der Waals surface area contributed by atoms with Gasteiger partial charge in [0.1, 0.15) is 0 Å². The van der Waals surface area contributed by atoms with Gasteiger partial charge in [0.25, 0.3) is 0 Å². The molecule has 1 saturated carbocycles. The average Bonchev–Trinajstić information content (AvgIpc) is 2.85. The van der Waals surface area contributed by atoms with Crippen molar-refractivity contribution in [1.82, 2.24) is 10.0 Å². The van der Waals surface area contributed by atoms with Gasteiger partial charge in [-0.3, -0.25) is 0 Å². The highest BCUT2D eigenvalue weighted by Gasteiger charge is 2.41. The summed E-state index contributed by atoms with van der Waals surface area (Å²) in [5.74, 6) is 0. The van der Waals surface area contributed by atoms with Crippen LogP contribution < -0.4 is 10.0 Å². The molecule has 1 spiro atoms. The van der Waals surface area contributed by atoms with Crippen LogP contribution in [0, 0.1) is 0 Å². The molecule has 3 rings (SSSR count). The topological polar surface area (TPSA) is 24.1 Å². The highest BCUT2D eigenvalue weighted by atomic mass is 79.9. The Bertz CT molecular complexity index is 518. The Morgan fingerprint density at radius 3 is 2.57 bits per heavy atom. The second kappa shape index (κ2) is 6.86. The molecule has 1 aromatic carbocycles. The first-order valence-electron chi connectivity index (χ1n) is 7.89. The Morgan fingerprint density at radius 1 is 1.19 bits per heavy atom. The Morgan fingerprint density at radius 2 is 1.90 bits per heavy atom. The molecule has 114 valence electrons. The van der Waals surface area contributed by atoms with Crippen molar-refractivity contribution in [1.29, 1.82) is 0 Å². The Labute approximate surface area is 140 Å². The van der Waals surface area contributed by atoms with Crippen LogP contribution in [0.4, 0.5) is 0 Å². The molecule has 0 unspecified atom stereocenters. The van der Waals surface area contributed by atoms with Gasteiger partial charge < -0.3 is 5.32 Å². The van der Waals surface area contributed by atoms with Gasteiger partial charge in [-0.05, 0) is 54.6 Å². The van der Waals surface area contributed by atoms with E-state index in [4.69, 9.17) is 0 Å². The number of hydrogen-bond donors (Lipinski definition) is 2. The third-order valence-corrected chi connectivity index (χ3v) is 6.27. The molecular formula is C17H23BrN2S. The van der Waals surface area contributed by atoms with E-state index in [1.165, 1.54) is 42.6 Å². The van der Waals surface area contributed by atoms with Gasteiger partial charge in [0.2, 0.25) is 0 Å². The summed E-state index contributed by atoms with van der Waals surface area (Å²) in [5.41, 5.74) is 3.15. The Hall–Kier alpha value is -0.290. The van der Waals surface area contributed by atoms with Crippen molar-refractivity contribution >= 4 is 32.8 Å². The number of nitrogens with one attached hydrogen (secondary N) is 2. The van der Waals surface area contributed by atoms with E-state index in [1.807, 2.05) is 11.9 Å². The fourth-order valence-electron chi connectivity index (χ4n) is 3.38. The van der Waals surface area contributed by atoms with E-state index in [2.05, 4.69) is 57.2 Å². The average molecular weight is 367 g/mol. The van der Waals surface area contributed by atoms with Gasteiger partial charge >= 0.3 is 0 Å². The summed E-state index contributed by atoms with van der Waals surface area (Å²) >= 11 is 5.37. The summed E-state index contributed by atoms with van der Waals surface area (Å²) in [6, 6.07) is 8.73. The Kier molecular flexibility index (Phi) is 5.10. The quantitative estimate of drug-likeness (QED) is 0.753. The predicted octanol–water partition coefficient (Wildman–Crippen LogP) is 4.72. The van der Waals surface area contributed by atoms with E-state index < -0.39 is 0 Å². The Balaban J connectivity index is 1.96. The van der Waals surface area contributed by atoms with Crippen molar-refractivity contribution in [2.45, 2.75) is 44.6 Å². The van der Waals surface area contributed by atoms with Gasteiger partial charge in [-0.1, -0.05) is 54.2 Å². The smallest absolute Gasteiger partial charge is 0.0521 e. The maximum atomic E-state index is 3.79. The molecule has 1 aliphatic carbocycles. The molecule has 21 heavy (non-hydrogen) atoms. The highest BCUT2D eigenvalue weighted by molar-refractivity contribution is 9.10. The summed E-state index contributed by atoms with van der Waals surface area (Å²) in [6.07, 6.45) is 6.63. The zero-order valence-corrected chi connectivity index (χ0v) is 14.9. The molecule has 1 aromatic rings. The van der Waals surface area contributed by atoms with Crippen molar-refractivity contribution < 1.29 is 0 Å². The van der Waals surface area contributed by atoms with Gasteiger partial charge in [-0.25, -0.2) is 4.72 Å². The molecule has 0 atom stereocenters. The maximum absolute atomic E-state index is 3.79. The van der Waals surface area contributed by atoms with E-state index in [-0.39, 0.29) is 5.54 Å². The first kappa shape index (κ1) is 15.6. The summed E-state index contributed by atoms with van der Waals surface area (Å²) in [4.78, 5) is 1.44. The first-order chi connectivity index (χ1) is 10.2. The lowest BCUT2D eigenvalue weighted by Gasteiger charge is -2.36. The minimum Gasteiger partial charge on any atom is -0.313 e. The fourth-order valence-corrected chi connectivity index (χ4v) is 4.92. The molecule has 0 bridgehead atoms. The summed E-state index contributed by atoms with van der Waals surface area (Å²) in [5, 5.41) is 3.55. The van der Waals surface area contributed by atoms with Crippen molar-refractivity contribution in [3.63, 3.8) is 0 Å². The van der Waals surface area contributed by atoms with Crippen molar-refractivity contribution in [3.8, 4) is 0 Å². The van der Waals surface area contributed by atoms with Crippen LogP contribution in [0.3, 0.4) is 0 Å². The molecule has 2 nitrogen and oxygen atoms in total. The van der Waals surface area contributed by atoms with Gasteiger partial charge in [-0.15, -0.1) is 0 Å². The van der Waals surface area contributed by atoms with Gasteiger partial charge in [-0.2, -0.15) is 0 Å². The van der Waals surface area contributed by atoms with Crippen LogP contribution in [0.5, 0.6) is 0 Å². The molecule has 0 aromatic heterocycles. The molecule has 0 radical (unpaired) electrons. The summed E-state index contributed by atoms with van der Waals surface area (Å²) < 4.78 is 4.93. The van der Waals surface area contributed by atoms with Crippen molar-refractivity contribution in [3.05, 3.63) is 39.9 Å². The van der Waals surface area contributed by atoms with Crippen LogP contribution in [-0.2, 0) is 0 Å². The third-order valence-electron chi connectivity index (χ3n) is 4.57. The molecule has 1 fully saturated rings. The number of rotatable bonds is 4. The lowest BCUT2D eigenvalue weighted by Crippen LogP contribution is -2.44. The fraction of sp³-hybridized carbons (Fsp3) is 0.529. The van der Waals surface area contributed by atoms with E-state index in [0.717, 1.165) is 17.6 Å². The minimum atomic E-state index is 0.230. The van der Waals surface area contributed by atoms with Crippen LogP contribution in [0.1, 0.15) is 44.6 Å². The predicted molar refractivity (Wildman–Crippen MR) is 96.1 cm³/mol. The normalized spacial score (nSPS) is 21.2. The largest absolute Gasteiger partial charge is 0.313 e. The van der Waals surface area contributed by atoms with Crippen LogP contribution in [0.15, 0.2) is 34.3 Å². The second-order valence-electron chi connectivity index (χ2n) is 5.94. The van der Waals surface area contributed by atoms with E-state index >= 15 is 0 Å². The molecule has 0 amide bonds.